The van der Waals surface area contributed by atoms with Crippen LogP contribution in [0.25, 0.3) is 11.3 Å². The van der Waals surface area contributed by atoms with E-state index in [1.54, 1.807) is 24.2 Å². The third-order valence-corrected chi connectivity index (χ3v) is 3.23. The fraction of sp³-hybridized carbons (Fsp3) is 0.154. The summed E-state index contributed by atoms with van der Waals surface area (Å²) in [5.74, 6) is 0.903. The van der Waals surface area contributed by atoms with Crippen LogP contribution in [-0.2, 0) is 0 Å². The Morgan fingerprint density at radius 2 is 2.12 bits per heavy atom. The smallest absolute Gasteiger partial charge is 0.154 e. The largest absolute Gasteiger partial charge is 0.256 e. The van der Waals surface area contributed by atoms with Crippen LogP contribution < -0.4 is 0 Å². The number of thioether (sulfide) groups is 1. The van der Waals surface area contributed by atoms with Crippen molar-refractivity contribution in [3.8, 4) is 17.3 Å². The molecule has 0 saturated carbocycles. The summed E-state index contributed by atoms with van der Waals surface area (Å²) < 4.78 is 0. The highest BCUT2D eigenvalue weighted by atomic mass is 32.2. The van der Waals surface area contributed by atoms with Crippen LogP contribution in [0.2, 0.25) is 0 Å². The first-order valence-electron chi connectivity index (χ1n) is 5.30. The van der Waals surface area contributed by atoms with Crippen molar-refractivity contribution in [2.45, 2.75) is 11.8 Å². The lowest BCUT2D eigenvalue weighted by atomic mass is 10.1. The molecule has 0 spiro atoms. The molecule has 0 aromatic carbocycles. The van der Waals surface area contributed by atoms with E-state index >= 15 is 0 Å². The third kappa shape index (κ3) is 2.45. The van der Waals surface area contributed by atoms with E-state index in [2.05, 4.69) is 23.0 Å². The summed E-state index contributed by atoms with van der Waals surface area (Å²) in [5.41, 5.74) is 2.33. The van der Waals surface area contributed by atoms with Crippen LogP contribution in [-0.4, -0.2) is 15.7 Å². The Labute approximate surface area is 105 Å². The average molecular weight is 241 g/mol. The predicted molar refractivity (Wildman–Crippen MR) is 68.6 cm³/mol. The van der Waals surface area contributed by atoms with Gasteiger partial charge in [0.25, 0.3) is 0 Å². The first-order valence-corrected chi connectivity index (χ1v) is 6.28. The average Bonchev–Trinajstić information content (AvgIpc) is 2.40. The molecule has 0 bridgehead atoms. The summed E-state index contributed by atoms with van der Waals surface area (Å²) in [4.78, 5) is 9.32. The molecule has 84 valence electrons. The lowest BCUT2D eigenvalue weighted by molar-refractivity contribution is 1.16. The van der Waals surface area contributed by atoms with Crippen molar-refractivity contribution in [1.82, 2.24) is 9.97 Å². The zero-order chi connectivity index (χ0) is 12.1. The minimum atomic E-state index is 0.472. The molecule has 0 fully saturated rings. The fourth-order valence-corrected chi connectivity index (χ4v) is 2.39. The number of hydrogen-bond donors (Lipinski definition) is 0. The second-order valence-electron chi connectivity index (χ2n) is 3.30. The Kier molecular flexibility index (Phi) is 3.73. The quantitative estimate of drug-likeness (QED) is 0.775. The van der Waals surface area contributed by atoms with Crippen LogP contribution in [0.1, 0.15) is 12.6 Å². The monoisotopic (exact) mass is 241 g/mol. The van der Waals surface area contributed by atoms with Gasteiger partial charge in [-0.05, 0) is 24.0 Å². The molecule has 0 radical (unpaired) electrons. The van der Waals surface area contributed by atoms with Crippen LogP contribution in [0.5, 0.6) is 0 Å². The van der Waals surface area contributed by atoms with Crippen molar-refractivity contribution >= 4 is 11.8 Å². The molecule has 0 amide bonds. The highest BCUT2D eigenvalue weighted by Gasteiger charge is 2.11. The molecule has 0 aliphatic heterocycles. The van der Waals surface area contributed by atoms with Gasteiger partial charge in [0, 0.05) is 18.0 Å². The van der Waals surface area contributed by atoms with Gasteiger partial charge in [-0.25, -0.2) is 4.98 Å². The summed E-state index contributed by atoms with van der Waals surface area (Å²) in [6.07, 6.45) is 3.41. The molecule has 2 rings (SSSR count). The summed E-state index contributed by atoms with van der Waals surface area (Å²) in [6.45, 7) is 2.06. The fourth-order valence-electron chi connectivity index (χ4n) is 1.54. The van der Waals surface area contributed by atoms with E-state index < -0.39 is 0 Å². The van der Waals surface area contributed by atoms with Gasteiger partial charge in [-0.15, -0.1) is 11.8 Å². The van der Waals surface area contributed by atoms with E-state index in [9.17, 15) is 0 Å². The zero-order valence-electron chi connectivity index (χ0n) is 9.42. The molecule has 0 unspecified atom stereocenters. The highest BCUT2D eigenvalue weighted by molar-refractivity contribution is 7.99. The Hall–Kier alpha value is -1.86. The first kappa shape index (κ1) is 11.6. The van der Waals surface area contributed by atoms with Gasteiger partial charge in [0.15, 0.2) is 5.69 Å². The summed E-state index contributed by atoms with van der Waals surface area (Å²) in [6, 6.07) is 9.79. The van der Waals surface area contributed by atoms with Crippen LogP contribution in [0.3, 0.4) is 0 Å². The standard InChI is InChI=1S/C13H11N3S/c1-2-17-13-10(6-8-16-12(13)9-14)11-5-3-4-7-15-11/h3-8H,2H2,1H3. The Balaban J connectivity index is 2.58. The normalized spacial score (nSPS) is 9.88. The van der Waals surface area contributed by atoms with E-state index in [0.29, 0.717) is 5.69 Å². The lowest BCUT2D eigenvalue weighted by Gasteiger charge is -2.08. The van der Waals surface area contributed by atoms with Gasteiger partial charge in [0.2, 0.25) is 0 Å². The zero-order valence-corrected chi connectivity index (χ0v) is 10.2. The van der Waals surface area contributed by atoms with Gasteiger partial charge in [-0.2, -0.15) is 5.26 Å². The van der Waals surface area contributed by atoms with Gasteiger partial charge in [-0.1, -0.05) is 13.0 Å². The van der Waals surface area contributed by atoms with Crippen molar-refractivity contribution in [3.05, 3.63) is 42.4 Å². The molecule has 0 N–H and O–H groups in total. The molecule has 0 saturated heterocycles. The van der Waals surface area contributed by atoms with Gasteiger partial charge in [-0.3, -0.25) is 4.98 Å². The molecule has 0 aliphatic carbocycles. The minimum absolute atomic E-state index is 0.472. The predicted octanol–water partition coefficient (Wildman–Crippen LogP) is 3.13. The molecular weight excluding hydrogens is 230 g/mol. The first-order chi connectivity index (χ1) is 8.36. The Bertz CT molecular complexity index is 546. The third-order valence-electron chi connectivity index (χ3n) is 2.24. The van der Waals surface area contributed by atoms with E-state index in [1.165, 1.54) is 0 Å². The van der Waals surface area contributed by atoms with Crippen molar-refractivity contribution < 1.29 is 0 Å². The van der Waals surface area contributed by atoms with Crippen molar-refractivity contribution in [1.29, 1.82) is 5.26 Å². The van der Waals surface area contributed by atoms with E-state index in [-0.39, 0.29) is 0 Å². The van der Waals surface area contributed by atoms with Crippen LogP contribution >= 0.6 is 11.8 Å². The van der Waals surface area contributed by atoms with Gasteiger partial charge < -0.3 is 0 Å². The molecule has 2 heterocycles. The second-order valence-corrected chi connectivity index (χ2v) is 4.57. The molecule has 2 aromatic heterocycles. The molecule has 2 aromatic rings. The van der Waals surface area contributed by atoms with Crippen molar-refractivity contribution in [3.63, 3.8) is 0 Å². The van der Waals surface area contributed by atoms with Crippen LogP contribution in [0.4, 0.5) is 0 Å². The topological polar surface area (TPSA) is 49.6 Å². The van der Waals surface area contributed by atoms with Gasteiger partial charge in [0.1, 0.15) is 6.07 Å². The van der Waals surface area contributed by atoms with E-state index in [4.69, 9.17) is 5.26 Å². The number of aromatic nitrogens is 2. The van der Waals surface area contributed by atoms with Crippen LogP contribution in [0, 0.1) is 11.3 Å². The maximum Gasteiger partial charge on any atom is 0.154 e. The summed E-state index contributed by atoms with van der Waals surface area (Å²) >= 11 is 1.62. The molecule has 17 heavy (non-hydrogen) atoms. The SMILES string of the molecule is CCSc1c(-c2ccccn2)ccnc1C#N. The van der Waals surface area contributed by atoms with Crippen LogP contribution in [0.15, 0.2) is 41.6 Å². The number of nitriles is 1. The van der Waals surface area contributed by atoms with E-state index in [1.807, 2.05) is 24.3 Å². The number of pyridine rings is 2. The van der Waals surface area contributed by atoms with Crippen molar-refractivity contribution in [2.75, 3.05) is 5.75 Å². The molecule has 0 aliphatic rings. The lowest BCUT2D eigenvalue weighted by Crippen LogP contribution is -1.92. The second kappa shape index (κ2) is 5.46. The maximum absolute atomic E-state index is 9.07. The molecule has 0 atom stereocenters. The molecule has 4 heteroatoms. The number of hydrogen-bond acceptors (Lipinski definition) is 4. The minimum Gasteiger partial charge on any atom is -0.256 e. The van der Waals surface area contributed by atoms with Crippen molar-refractivity contribution in [2.24, 2.45) is 0 Å². The Morgan fingerprint density at radius 1 is 1.24 bits per heavy atom. The van der Waals surface area contributed by atoms with Gasteiger partial charge in [0.05, 0.1) is 10.6 Å². The summed E-state index contributed by atoms with van der Waals surface area (Å²) in [7, 11) is 0. The summed E-state index contributed by atoms with van der Waals surface area (Å²) in [5, 5.41) is 9.07. The molecule has 3 nitrogen and oxygen atoms in total. The number of rotatable bonds is 3. The Morgan fingerprint density at radius 3 is 2.76 bits per heavy atom. The number of nitrogens with zero attached hydrogens (tertiary/aromatic N) is 3. The maximum atomic E-state index is 9.07. The highest BCUT2D eigenvalue weighted by Crippen LogP contribution is 2.31. The van der Waals surface area contributed by atoms with E-state index in [0.717, 1.165) is 21.9 Å². The molecular formula is C13H11N3S. The van der Waals surface area contributed by atoms with Gasteiger partial charge >= 0.3 is 0 Å².